The van der Waals surface area contributed by atoms with Crippen molar-refractivity contribution in [2.75, 3.05) is 19.1 Å². The van der Waals surface area contributed by atoms with E-state index in [1.54, 1.807) is 18.2 Å². The lowest BCUT2D eigenvalue weighted by Crippen LogP contribution is -2.42. The first-order valence-corrected chi connectivity index (χ1v) is 11.0. The summed E-state index contributed by atoms with van der Waals surface area (Å²) < 4.78 is 24.0. The molecule has 0 fully saturated rings. The van der Waals surface area contributed by atoms with E-state index in [2.05, 4.69) is 5.32 Å². The van der Waals surface area contributed by atoms with E-state index in [1.165, 1.54) is 37.3 Å². The first-order chi connectivity index (χ1) is 15.7. The molecule has 1 aliphatic carbocycles. The number of nitrogens with one attached hydrogen (secondary N) is 1. The van der Waals surface area contributed by atoms with Crippen LogP contribution in [0.3, 0.4) is 0 Å². The summed E-state index contributed by atoms with van der Waals surface area (Å²) in [7, 11) is 2.74. The summed E-state index contributed by atoms with van der Waals surface area (Å²) in [4.78, 5) is 26.2. The first kappa shape index (κ1) is 23.4. The van der Waals surface area contributed by atoms with Gasteiger partial charge in [-0.05, 0) is 35.4 Å². The standard InChI is InChI=1S/C23H18Cl3FN2O4/c1-32-13-8-15(14-4-3-12(27)7-17(14)24)16-10-28-23(31)29(20(16)9-13)21-18(25)5-11(6-19(21)26)22(30)33-2/h4-9,12H,3,10H2,1-2H3,(H,28,31). The molecule has 33 heavy (non-hydrogen) atoms. The van der Waals surface area contributed by atoms with Crippen LogP contribution < -0.4 is 15.0 Å². The Hall–Kier alpha value is -2.74. The van der Waals surface area contributed by atoms with Gasteiger partial charge in [-0.15, -0.1) is 0 Å². The summed E-state index contributed by atoms with van der Waals surface area (Å²) in [5, 5.41) is 3.22. The fraction of sp³-hybridized carbons (Fsp3) is 0.217. The molecule has 0 bridgehead atoms. The van der Waals surface area contributed by atoms with Crippen molar-refractivity contribution in [3.8, 4) is 5.75 Å². The molecular formula is C23H18Cl3FN2O4. The third kappa shape index (κ3) is 4.28. The fourth-order valence-electron chi connectivity index (χ4n) is 3.85. The lowest BCUT2D eigenvalue weighted by atomic mass is 9.92. The van der Waals surface area contributed by atoms with Crippen LogP contribution in [-0.2, 0) is 11.3 Å². The van der Waals surface area contributed by atoms with E-state index in [0.29, 0.717) is 22.6 Å². The van der Waals surface area contributed by atoms with Crippen LogP contribution in [0.25, 0.3) is 5.57 Å². The van der Waals surface area contributed by atoms with Gasteiger partial charge in [0.25, 0.3) is 0 Å². The predicted molar refractivity (Wildman–Crippen MR) is 127 cm³/mol. The van der Waals surface area contributed by atoms with Gasteiger partial charge in [0.05, 0.1) is 41.2 Å². The van der Waals surface area contributed by atoms with Crippen molar-refractivity contribution in [3.63, 3.8) is 0 Å². The number of carbonyl (C=O) groups excluding carboxylic acids is 2. The number of benzene rings is 2. The second-order valence-corrected chi connectivity index (χ2v) is 8.55. The Balaban J connectivity index is 1.92. The molecule has 2 amide bonds. The zero-order valence-corrected chi connectivity index (χ0v) is 19.8. The minimum Gasteiger partial charge on any atom is -0.497 e. The highest BCUT2D eigenvalue weighted by molar-refractivity contribution is 6.41. The Morgan fingerprint density at radius 3 is 2.45 bits per heavy atom. The Bertz CT molecular complexity index is 1210. The number of esters is 1. The zero-order chi connectivity index (χ0) is 23.9. The van der Waals surface area contributed by atoms with Gasteiger partial charge >= 0.3 is 12.0 Å². The fourth-order valence-corrected chi connectivity index (χ4v) is 4.82. The van der Waals surface area contributed by atoms with E-state index in [1.807, 2.05) is 0 Å². The number of hydrogen-bond donors (Lipinski definition) is 1. The number of methoxy groups -OCH3 is 2. The van der Waals surface area contributed by atoms with Gasteiger partial charge in [-0.25, -0.2) is 14.0 Å². The van der Waals surface area contributed by atoms with E-state index in [9.17, 15) is 14.0 Å². The van der Waals surface area contributed by atoms with Crippen molar-refractivity contribution in [3.05, 3.63) is 68.2 Å². The molecule has 2 aromatic carbocycles. The zero-order valence-electron chi connectivity index (χ0n) is 17.5. The maximum atomic E-state index is 13.8. The van der Waals surface area contributed by atoms with Crippen molar-refractivity contribution in [1.82, 2.24) is 5.32 Å². The minimum absolute atomic E-state index is 0.0744. The van der Waals surface area contributed by atoms with Crippen molar-refractivity contribution < 1.29 is 23.5 Å². The number of urea groups is 1. The molecule has 0 aromatic heterocycles. The van der Waals surface area contributed by atoms with Crippen LogP contribution in [0.5, 0.6) is 5.75 Å². The highest BCUT2D eigenvalue weighted by Gasteiger charge is 2.33. The number of alkyl halides is 1. The largest absolute Gasteiger partial charge is 0.497 e. The summed E-state index contributed by atoms with van der Waals surface area (Å²) >= 11 is 19.3. The van der Waals surface area contributed by atoms with Gasteiger partial charge in [0.15, 0.2) is 0 Å². The maximum absolute atomic E-state index is 13.8. The van der Waals surface area contributed by atoms with Crippen LogP contribution in [0.15, 0.2) is 41.4 Å². The molecule has 1 atom stereocenters. The second-order valence-electron chi connectivity index (χ2n) is 7.33. The number of ether oxygens (including phenoxy) is 2. The number of hydrogen-bond acceptors (Lipinski definition) is 4. The molecule has 6 nitrogen and oxygen atoms in total. The number of halogens is 4. The van der Waals surface area contributed by atoms with Crippen molar-refractivity contribution in [2.45, 2.75) is 19.1 Å². The Morgan fingerprint density at radius 2 is 1.85 bits per heavy atom. The summed E-state index contributed by atoms with van der Waals surface area (Å²) in [5.74, 6) is -0.163. The molecule has 1 unspecified atom stereocenters. The van der Waals surface area contributed by atoms with E-state index in [-0.39, 0.29) is 39.3 Å². The van der Waals surface area contributed by atoms with Crippen LogP contribution >= 0.6 is 34.8 Å². The SMILES string of the molecule is COC(=O)c1cc(Cl)c(N2C(=O)NCc3c(C4=CCC(F)C=C4Cl)cc(OC)cc32)c(Cl)c1. The lowest BCUT2D eigenvalue weighted by molar-refractivity contribution is 0.0600. The monoisotopic (exact) mass is 510 g/mol. The lowest BCUT2D eigenvalue weighted by Gasteiger charge is -2.33. The van der Waals surface area contributed by atoms with E-state index < -0.39 is 18.2 Å². The number of amides is 2. The molecule has 1 aliphatic heterocycles. The number of nitrogens with zero attached hydrogens (tertiary/aromatic N) is 1. The van der Waals surface area contributed by atoms with Gasteiger partial charge in [0, 0.05) is 29.6 Å². The van der Waals surface area contributed by atoms with Gasteiger partial charge in [-0.3, -0.25) is 4.90 Å². The van der Waals surface area contributed by atoms with Crippen molar-refractivity contribution in [2.24, 2.45) is 0 Å². The molecule has 172 valence electrons. The average molecular weight is 512 g/mol. The maximum Gasteiger partial charge on any atom is 0.337 e. The molecule has 4 rings (SSSR count). The Labute approximate surface area is 204 Å². The summed E-state index contributed by atoms with van der Waals surface area (Å²) in [5.41, 5.74) is 2.83. The molecule has 1 N–H and O–H groups in total. The third-order valence-electron chi connectivity index (χ3n) is 5.38. The predicted octanol–water partition coefficient (Wildman–Crippen LogP) is 6.40. The van der Waals surface area contributed by atoms with Crippen LogP contribution in [0.1, 0.15) is 27.9 Å². The highest BCUT2D eigenvalue weighted by atomic mass is 35.5. The number of anilines is 2. The van der Waals surface area contributed by atoms with Crippen molar-refractivity contribution in [1.29, 1.82) is 0 Å². The van der Waals surface area contributed by atoms with Gasteiger partial charge in [0.2, 0.25) is 0 Å². The van der Waals surface area contributed by atoms with Gasteiger partial charge in [-0.2, -0.15) is 0 Å². The molecule has 0 spiro atoms. The molecule has 0 saturated carbocycles. The first-order valence-electron chi connectivity index (χ1n) is 9.83. The molecule has 10 heteroatoms. The van der Waals surface area contributed by atoms with Crippen LogP contribution in [0.4, 0.5) is 20.6 Å². The van der Waals surface area contributed by atoms with E-state index in [4.69, 9.17) is 44.3 Å². The molecule has 2 aliphatic rings. The molecule has 0 radical (unpaired) electrons. The Morgan fingerprint density at radius 1 is 1.15 bits per heavy atom. The molecule has 1 heterocycles. The molecular weight excluding hydrogens is 494 g/mol. The Kier molecular flexibility index (Phi) is 6.56. The van der Waals surface area contributed by atoms with Crippen LogP contribution in [0.2, 0.25) is 10.0 Å². The van der Waals surface area contributed by atoms with Gasteiger partial charge < -0.3 is 14.8 Å². The average Bonchev–Trinajstić information content (AvgIpc) is 2.78. The van der Waals surface area contributed by atoms with E-state index in [0.717, 1.165) is 5.56 Å². The summed E-state index contributed by atoms with van der Waals surface area (Å²) in [6, 6.07) is 5.74. The van der Waals surface area contributed by atoms with Crippen LogP contribution in [0, 0.1) is 0 Å². The molecule has 0 saturated heterocycles. The number of rotatable bonds is 4. The quantitative estimate of drug-likeness (QED) is 0.483. The van der Waals surface area contributed by atoms with Gasteiger partial charge in [-0.1, -0.05) is 40.9 Å². The topological polar surface area (TPSA) is 67.9 Å². The van der Waals surface area contributed by atoms with E-state index >= 15 is 0 Å². The number of carbonyl (C=O) groups is 2. The van der Waals surface area contributed by atoms with Gasteiger partial charge in [0.1, 0.15) is 11.9 Å². The molecule has 2 aromatic rings. The number of allylic oxidation sites excluding steroid dienone is 4. The summed E-state index contributed by atoms with van der Waals surface area (Å²) in [6.07, 6.45) is 2.08. The smallest absolute Gasteiger partial charge is 0.337 e. The second kappa shape index (κ2) is 9.25. The highest BCUT2D eigenvalue weighted by Crippen LogP contribution is 2.46. The van der Waals surface area contributed by atoms with Crippen LogP contribution in [-0.4, -0.2) is 32.4 Å². The van der Waals surface area contributed by atoms with Crippen molar-refractivity contribution >= 4 is 63.8 Å². The third-order valence-corrected chi connectivity index (χ3v) is 6.29. The normalized spacial score (nSPS) is 17.6. The summed E-state index contributed by atoms with van der Waals surface area (Å²) in [6.45, 7) is 0.194. The minimum atomic E-state index is -1.16. The number of fused-ring (bicyclic) bond motifs is 1.